The highest BCUT2D eigenvalue weighted by Crippen LogP contribution is 2.14. The summed E-state index contributed by atoms with van der Waals surface area (Å²) in [6, 6.07) is 0. The van der Waals surface area contributed by atoms with E-state index in [1.807, 2.05) is 0 Å². The summed E-state index contributed by atoms with van der Waals surface area (Å²) < 4.78 is 15.0. The quantitative estimate of drug-likeness (QED) is 0.450. The summed E-state index contributed by atoms with van der Waals surface area (Å²) in [5.41, 5.74) is 0.729. The number of hydrogen-bond donors (Lipinski definition) is 1. The lowest BCUT2D eigenvalue weighted by Gasteiger charge is -2.30. The van der Waals surface area contributed by atoms with Crippen LogP contribution in [0.2, 0.25) is 0 Å². The lowest BCUT2D eigenvalue weighted by molar-refractivity contribution is -0.230. The fourth-order valence-electron chi connectivity index (χ4n) is 1.39. The van der Waals surface area contributed by atoms with Crippen LogP contribution in [0.15, 0.2) is 23.8 Å². The van der Waals surface area contributed by atoms with Crippen LogP contribution in [0.1, 0.15) is 13.8 Å². The predicted molar refractivity (Wildman–Crippen MR) is 61.2 cm³/mol. The van der Waals surface area contributed by atoms with Crippen molar-refractivity contribution in [1.29, 1.82) is 0 Å². The molecular formula is C12H18O5. The van der Waals surface area contributed by atoms with Gasteiger partial charge in [0.25, 0.3) is 0 Å². The van der Waals surface area contributed by atoms with Gasteiger partial charge < -0.3 is 19.3 Å². The van der Waals surface area contributed by atoms with Crippen molar-refractivity contribution in [2.45, 2.75) is 32.3 Å². The first-order valence-corrected chi connectivity index (χ1v) is 5.42. The molecule has 0 spiro atoms. The first-order chi connectivity index (χ1) is 8.02. The second-order valence-electron chi connectivity index (χ2n) is 3.84. The molecule has 5 heteroatoms. The van der Waals surface area contributed by atoms with Crippen molar-refractivity contribution in [1.82, 2.24) is 0 Å². The molecule has 1 fully saturated rings. The van der Waals surface area contributed by atoms with Crippen molar-refractivity contribution in [2.75, 3.05) is 13.7 Å². The molecule has 0 aromatic heterocycles. The van der Waals surface area contributed by atoms with Gasteiger partial charge in [0.05, 0.1) is 13.7 Å². The number of esters is 1. The van der Waals surface area contributed by atoms with Crippen LogP contribution in [0.3, 0.4) is 0 Å². The molecule has 0 aliphatic carbocycles. The Hall–Kier alpha value is -1.17. The van der Waals surface area contributed by atoms with Gasteiger partial charge in [-0.05, 0) is 19.4 Å². The minimum Gasteiger partial charge on any atom is -0.466 e. The Morgan fingerprint density at radius 3 is 2.88 bits per heavy atom. The van der Waals surface area contributed by atoms with E-state index in [4.69, 9.17) is 9.47 Å². The molecule has 1 aliphatic heterocycles. The standard InChI is InChI=1S/C12H18O5/c1-8(6-12(14)15-3)4-5-11-10(13)7-16-9(2)17-11/h4-6,9-11,13H,7H2,1-3H3/b5-4+,8-6+/t9-,10+,11+/m1/s1. The van der Waals surface area contributed by atoms with E-state index in [1.54, 1.807) is 26.0 Å². The second kappa shape index (κ2) is 6.54. The molecule has 96 valence electrons. The Balaban J connectivity index is 2.57. The van der Waals surface area contributed by atoms with E-state index in [1.165, 1.54) is 13.2 Å². The maximum Gasteiger partial charge on any atom is 0.330 e. The number of hydrogen-bond acceptors (Lipinski definition) is 5. The van der Waals surface area contributed by atoms with Crippen LogP contribution >= 0.6 is 0 Å². The summed E-state index contributed by atoms with van der Waals surface area (Å²) in [7, 11) is 1.32. The highest BCUT2D eigenvalue weighted by molar-refractivity contribution is 5.83. The zero-order chi connectivity index (χ0) is 12.8. The van der Waals surface area contributed by atoms with Crippen molar-refractivity contribution < 1.29 is 24.1 Å². The number of aliphatic hydroxyl groups is 1. The molecular weight excluding hydrogens is 224 g/mol. The van der Waals surface area contributed by atoms with Crippen LogP contribution in [0, 0.1) is 0 Å². The number of carbonyl (C=O) groups is 1. The zero-order valence-corrected chi connectivity index (χ0v) is 10.3. The number of ether oxygens (including phenoxy) is 3. The molecule has 0 radical (unpaired) electrons. The molecule has 1 heterocycles. The third-order valence-electron chi connectivity index (χ3n) is 2.33. The van der Waals surface area contributed by atoms with Gasteiger partial charge in [-0.15, -0.1) is 0 Å². The minimum absolute atomic E-state index is 0.246. The molecule has 0 bridgehead atoms. The van der Waals surface area contributed by atoms with E-state index in [0.717, 1.165) is 5.57 Å². The van der Waals surface area contributed by atoms with E-state index in [-0.39, 0.29) is 12.9 Å². The third kappa shape index (κ3) is 4.68. The average Bonchev–Trinajstić information content (AvgIpc) is 2.30. The molecule has 0 aromatic rings. The Morgan fingerprint density at radius 1 is 1.53 bits per heavy atom. The zero-order valence-electron chi connectivity index (χ0n) is 10.3. The summed E-state index contributed by atoms with van der Waals surface area (Å²) in [5.74, 6) is -0.408. The molecule has 0 saturated carbocycles. The predicted octanol–water partition coefficient (Wildman–Crippen LogP) is 0.784. The first-order valence-electron chi connectivity index (χ1n) is 5.42. The largest absolute Gasteiger partial charge is 0.466 e. The summed E-state index contributed by atoms with van der Waals surface area (Å²) >= 11 is 0. The third-order valence-corrected chi connectivity index (χ3v) is 2.33. The molecule has 0 unspecified atom stereocenters. The van der Waals surface area contributed by atoms with Gasteiger partial charge in [-0.1, -0.05) is 12.2 Å². The highest BCUT2D eigenvalue weighted by atomic mass is 16.7. The molecule has 1 aliphatic rings. The molecule has 1 rings (SSSR count). The smallest absolute Gasteiger partial charge is 0.330 e. The van der Waals surface area contributed by atoms with Crippen LogP contribution in [0.5, 0.6) is 0 Å². The van der Waals surface area contributed by atoms with E-state index in [0.29, 0.717) is 0 Å². The Bertz CT molecular complexity index is 321. The van der Waals surface area contributed by atoms with E-state index in [9.17, 15) is 9.90 Å². The number of rotatable bonds is 3. The van der Waals surface area contributed by atoms with Gasteiger partial charge in [0.2, 0.25) is 0 Å². The van der Waals surface area contributed by atoms with Crippen LogP contribution in [0.4, 0.5) is 0 Å². The minimum atomic E-state index is -0.687. The summed E-state index contributed by atoms with van der Waals surface area (Å²) in [4.78, 5) is 11.0. The van der Waals surface area contributed by atoms with Gasteiger partial charge >= 0.3 is 5.97 Å². The van der Waals surface area contributed by atoms with E-state index >= 15 is 0 Å². The monoisotopic (exact) mass is 242 g/mol. The van der Waals surface area contributed by atoms with Crippen LogP contribution < -0.4 is 0 Å². The maximum atomic E-state index is 11.0. The summed E-state index contributed by atoms with van der Waals surface area (Å²) in [6.07, 6.45) is 3.35. The Kier molecular flexibility index (Phi) is 5.34. The lowest BCUT2D eigenvalue weighted by atomic mass is 10.1. The van der Waals surface area contributed by atoms with Crippen molar-refractivity contribution in [2.24, 2.45) is 0 Å². The van der Waals surface area contributed by atoms with Gasteiger partial charge in [-0.25, -0.2) is 4.79 Å². The maximum absolute atomic E-state index is 11.0. The SMILES string of the molecule is COC(=O)/C=C(C)/C=C/[C@@H]1O[C@H](C)OC[C@@H]1O. The molecule has 0 aromatic carbocycles. The second-order valence-corrected chi connectivity index (χ2v) is 3.84. The molecule has 1 saturated heterocycles. The van der Waals surface area contributed by atoms with Gasteiger partial charge in [-0.2, -0.15) is 0 Å². The average molecular weight is 242 g/mol. The Labute approximate surface area is 101 Å². The number of aliphatic hydroxyl groups excluding tert-OH is 1. The van der Waals surface area contributed by atoms with Crippen LogP contribution in [-0.4, -0.2) is 43.3 Å². The fraction of sp³-hybridized carbons (Fsp3) is 0.583. The molecule has 17 heavy (non-hydrogen) atoms. The van der Waals surface area contributed by atoms with Crippen LogP contribution in [0.25, 0.3) is 0 Å². The number of carbonyl (C=O) groups excluding carboxylic acids is 1. The van der Waals surface area contributed by atoms with Crippen molar-refractivity contribution in [3.63, 3.8) is 0 Å². The normalized spacial score (nSPS) is 30.6. The molecule has 0 amide bonds. The van der Waals surface area contributed by atoms with Gasteiger partial charge in [-0.3, -0.25) is 0 Å². The van der Waals surface area contributed by atoms with Gasteiger partial charge in [0.15, 0.2) is 6.29 Å². The van der Waals surface area contributed by atoms with Crippen molar-refractivity contribution in [3.05, 3.63) is 23.8 Å². The highest BCUT2D eigenvalue weighted by Gasteiger charge is 2.25. The van der Waals surface area contributed by atoms with Gasteiger partial charge in [0, 0.05) is 6.08 Å². The van der Waals surface area contributed by atoms with Gasteiger partial charge in [0.1, 0.15) is 12.2 Å². The van der Waals surface area contributed by atoms with Crippen molar-refractivity contribution >= 4 is 5.97 Å². The number of allylic oxidation sites excluding steroid dienone is 2. The fourth-order valence-corrected chi connectivity index (χ4v) is 1.39. The molecule has 1 N–H and O–H groups in total. The molecule has 3 atom stereocenters. The lowest BCUT2D eigenvalue weighted by Crippen LogP contribution is -2.41. The summed E-state index contributed by atoms with van der Waals surface area (Å²) in [6.45, 7) is 3.78. The number of methoxy groups -OCH3 is 1. The summed E-state index contributed by atoms with van der Waals surface area (Å²) in [5, 5.41) is 9.62. The van der Waals surface area contributed by atoms with E-state index < -0.39 is 18.2 Å². The topological polar surface area (TPSA) is 65.0 Å². The molecule has 5 nitrogen and oxygen atoms in total. The van der Waals surface area contributed by atoms with Crippen LogP contribution in [-0.2, 0) is 19.0 Å². The Morgan fingerprint density at radius 2 is 2.24 bits per heavy atom. The van der Waals surface area contributed by atoms with Crippen molar-refractivity contribution in [3.8, 4) is 0 Å². The van der Waals surface area contributed by atoms with E-state index in [2.05, 4.69) is 4.74 Å². The first kappa shape index (κ1) is 13.9.